The van der Waals surface area contributed by atoms with E-state index >= 15 is 0 Å². The van der Waals surface area contributed by atoms with Gasteiger partial charge in [0, 0.05) is 39.8 Å². The van der Waals surface area contributed by atoms with Gasteiger partial charge in [-0.1, -0.05) is 11.7 Å². The molecular formula is C32H48N2O16S5. The summed E-state index contributed by atoms with van der Waals surface area (Å²) in [6.45, 7) is 3.16. The number of nitrogen functional groups attached to an aromatic ring is 1. The van der Waals surface area contributed by atoms with Gasteiger partial charge in [-0.15, -0.1) is 23.1 Å². The summed E-state index contributed by atoms with van der Waals surface area (Å²) < 4.78 is 30.6. The third-order valence-corrected chi connectivity index (χ3v) is 9.98. The molecule has 0 aromatic carbocycles. The number of nitrogens with two attached hydrogens (primary N) is 1. The summed E-state index contributed by atoms with van der Waals surface area (Å²) in [4.78, 5) is 84.2. The number of ether oxygens (including phenoxy) is 7. The average molecular weight is 877 g/mol. The number of hydrogen-bond donors (Lipinski definition) is 3. The second-order valence-electron chi connectivity index (χ2n) is 9.39. The lowest BCUT2D eigenvalue weighted by Crippen LogP contribution is -2.23. The van der Waals surface area contributed by atoms with Crippen LogP contribution in [0.15, 0.2) is 28.6 Å². The van der Waals surface area contributed by atoms with Crippen LogP contribution in [0, 0.1) is 11.8 Å². The van der Waals surface area contributed by atoms with Crippen LogP contribution in [0.3, 0.4) is 0 Å². The Hall–Kier alpha value is -3.93. The van der Waals surface area contributed by atoms with Crippen molar-refractivity contribution in [3.63, 3.8) is 0 Å². The summed E-state index contributed by atoms with van der Waals surface area (Å²) in [5.41, 5.74) is 6.88. The third kappa shape index (κ3) is 27.3. The lowest BCUT2D eigenvalue weighted by molar-refractivity contribution is -0.148. The topological polar surface area (TPSA) is 260 Å². The Kier molecular flexibility index (Phi) is 36.0. The van der Waals surface area contributed by atoms with Crippen molar-refractivity contribution < 1.29 is 76.7 Å². The Balaban J connectivity index is -0.000000600. The number of esters is 7. The number of rotatable bonds is 10. The minimum Gasteiger partial charge on any atom is -0.469 e. The number of carbonyl (C=O) groups excluding carboxylic acids is 8. The van der Waals surface area contributed by atoms with Crippen LogP contribution in [-0.4, -0.2) is 149 Å². The fourth-order valence-corrected chi connectivity index (χ4v) is 6.75. The largest absolute Gasteiger partial charge is 0.469 e. The van der Waals surface area contributed by atoms with Crippen molar-refractivity contribution in [2.45, 2.75) is 6.42 Å². The SMILES string of the molecule is C=CC(=O)OC.COC(=O)C1CSC/C1=N/O.COC(=O)C1CSCC1=O.COC(=O)CCSCC(=O)OC.COC(=O)CS.COC(=O)c1cscc1N. The van der Waals surface area contributed by atoms with Crippen molar-refractivity contribution in [3.8, 4) is 0 Å². The summed E-state index contributed by atoms with van der Waals surface area (Å²) in [6, 6.07) is 0. The van der Waals surface area contributed by atoms with Crippen LogP contribution in [0.1, 0.15) is 16.8 Å². The minimum atomic E-state index is -0.491. The fourth-order valence-electron chi connectivity index (χ4n) is 2.94. The van der Waals surface area contributed by atoms with Gasteiger partial charge in [-0.05, 0) is 0 Å². The van der Waals surface area contributed by atoms with E-state index in [4.69, 9.17) is 10.9 Å². The summed E-state index contributed by atoms with van der Waals surface area (Å²) >= 11 is 9.41. The molecule has 1 aromatic rings. The number of nitrogens with zero attached hydrogens (tertiary/aromatic N) is 1. The van der Waals surface area contributed by atoms with E-state index in [1.807, 2.05) is 0 Å². The maximum Gasteiger partial charge on any atom is 0.340 e. The van der Waals surface area contributed by atoms with Gasteiger partial charge in [0.15, 0.2) is 5.78 Å². The van der Waals surface area contributed by atoms with Gasteiger partial charge in [0.25, 0.3) is 0 Å². The molecular weight excluding hydrogens is 829 g/mol. The second kappa shape index (κ2) is 35.8. The first-order valence-corrected chi connectivity index (χ1v) is 20.2. The lowest BCUT2D eigenvalue weighted by Gasteiger charge is -2.04. The molecule has 0 bridgehead atoms. The van der Waals surface area contributed by atoms with E-state index in [9.17, 15) is 38.4 Å². The molecule has 55 heavy (non-hydrogen) atoms. The molecule has 0 radical (unpaired) electrons. The van der Waals surface area contributed by atoms with E-state index in [1.54, 1.807) is 22.5 Å². The molecule has 3 rings (SSSR count). The first-order chi connectivity index (χ1) is 26.1. The van der Waals surface area contributed by atoms with E-state index in [2.05, 4.69) is 57.5 Å². The van der Waals surface area contributed by atoms with Crippen molar-refractivity contribution in [2.24, 2.45) is 17.0 Å². The standard InChI is InChI=1S/C7H12O4S.C6H9NO3S.C6H7NO2S.C6H8O3S.C4H6O2.C3H6O2S/c1-10-6(8)3-4-12-5-7(9)11-2;1-10-6(8)4-2-11-3-5(4)7-9;2*1-9-6(8)4-2-10-3-5(4)7;1-3-4(5)6-2;1-5-3(4)2-6/h3-5H2,1-2H3;4,9H,2-3H2,1H3;2-3H,7H2,1H3;4H,2-3H2,1H3;3H,1H2,2H3;6H,2H2,1H3/b;7-5-;;;;. The predicted molar refractivity (Wildman–Crippen MR) is 214 cm³/mol. The zero-order chi connectivity index (χ0) is 42.8. The molecule has 2 fully saturated rings. The van der Waals surface area contributed by atoms with E-state index in [1.165, 1.54) is 84.6 Å². The van der Waals surface area contributed by atoms with Crippen LogP contribution in [0.5, 0.6) is 0 Å². The molecule has 2 atom stereocenters. The first kappa shape index (κ1) is 55.4. The number of oxime groups is 1. The van der Waals surface area contributed by atoms with Crippen LogP contribution in [0.25, 0.3) is 0 Å². The molecule has 23 heteroatoms. The highest BCUT2D eigenvalue weighted by molar-refractivity contribution is 8.00. The smallest absolute Gasteiger partial charge is 0.340 e. The lowest BCUT2D eigenvalue weighted by atomic mass is 10.1. The van der Waals surface area contributed by atoms with Crippen LogP contribution < -0.4 is 5.73 Å². The Labute approximate surface area is 341 Å². The second-order valence-corrected chi connectivity index (χ2v) is 13.6. The molecule has 2 aliphatic heterocycles. The number of methoxy groups -OCH3 is 7. The number of thiophene rings is 1. The summed E-state index contributed by atoms with van der Waals surface area (Å²) in [6.07, 6.45) is 1.44. The molecule has 0 saturated carbocycles. The highest BCUT2D eigenvalue weighted by atomic mass is 32.2. The van der Waals surface area contributed by atoms with E-state index < -0.39 is 17.9 Å². The molecule has 2 aliphatic rings. The van der Waals surface area contributed by atoms with Gasteiger partial charge in [0.05, 0.1) is 90.4 Å². The van der Waals surface area contributed by atoms with Crippen molar-refractivity contribution >= 4 is 118 Å². The summed E-state index contributed by atoms with van der Waals surface area (Å²) in [7, 11) is 9.29. The predicted octanol–water partition coefficient (Wildman–Crippen LogP) is 2.45. The van der Waals surface area contributed by atoms with Crippen molar-refractivity contribution in [1.29, 1.82) is 0 Å². The zero-order valence-corrected chi connectivity index (χ0v) is 35.6. The fraction of sp³-hybridized carbons (Fsp3) is 0.531. The number of anilines is 1. The molecule has 18 nitrogen and oxygen atoms in total. The average Bonchev–Trinajstić information content (AvgIpc) is 4.00. The van der Waals surface area contributed by atoms with Gasteiger partial charge in [-0.25, -0.2) is 9.59 Å². The van der Waals surface area contributed by atoms with E-state index in [-0.39, 0.29) is 53.1 Å². The number of carbonyl (C=O) groups is 8. The van der Waals surface area contributed by atoms with Gasteiger partial charge < -0.3 is 44.1 Å². The molecule has 0 aliphatic carbocycles. The van der Waals surface area contributed by atoms with Crippen molar-refractivity contribution in [3.05, 3.63) is 29.0 Å². The van der Waals surface area contributed by atoms with Crippen LogP contribution >= 0.6 is 59.3 Å². The van der Waals surface area contributed by atoms with Gasteiger partial charge in [0.2, 0.25) is 0 Å². The maximum absolute atomic E-state index is 11.0. The number of thioether (sulfide) groups is 3. The quantitative estimate of drug-likeness (QED) is 0.0446. The number of ketones is 1. The highest BCUT2D eigenvalue weighted by Gasteiger charge is 2.32. The van der Waals surface area contributed by atoms with E-state index in [0.29, 0.717) is 52.1 Å². The van der Waals surface area contributed by atoms with Crippen LogP contribution in [0.4, 0.5) is 5.69 Å². The van der Waals surface area contributed by atoms with Crippen molar-refractivity contribution in [2.75, 3.05) is 95.8 Å². The van der Waals surface area contributed by atoms with Crippen molar-refractivity contribution in [1.82, 2.24) is 0 Å². The van der Waals surface area contributed by atoms with Crippen LogP contribution in [0.2, 0.25) is 0 Å². The monoisotopic (exact) mass is 876 g/mol. The first-order valence-electron chi connectivity index (χ1n) is 15.2. The molecule has 3 N–H and O–H groups in total. The molecule has 2 unspecified atom stereocenters. The Morgan fingerprint density at radius 2 is 1.38 bits per heavy atom. The van der Waals surface area contributed by atoms with Gasteiger partial charge in [-0.2, -0.15) is 36.2 Å². The number of hydrogen-bond acceptors (Lipinski definition) is 23. The maximum atomic E-state index is 11.0. The summed E-state index contributed by atoms with van der Waals surface area (Å²) in [5, 5.41) is 14.8. The Morgan fingerprint density at radius 1 is 0.836 bits per heavy atom. The normalized spacial score (nSPS) is 15.3. The number of thiol groups is 1. The molecule has 2 saturated heterocycles. The molecule has 0 amide bonds. The molecule has 3 heterocycles. The van der Waals surface area contributed by atoms with E-state index in [0.717, 1.165) is 6.08 Å². The van der Waals surface area contributed by atoms with Gasteiger partial charge >= 0.3 is 41.8 Å². The van der Waals surface area contributed by atoms with Crippen LogP contribution in [-0.2, 0) is 66.7 Å². The molecule has 0 spiro atoms. The summed E-state index contributed by atoms with van der Waals surface area (Å²) in [5.74, 6) is 0.225. The molecule has 1 aromatic heterocycles. The Bertz CT molecular complexity index is 1370. The zero-order valence-electron chi connectivity index (χ0n) is 31.4. The molecule has 312 valence electrons. The van der Waals surface area contributed by atoms with Gasteiger partial charge in [-0.3, -0.25) is 28.8 Å². The Morgan fingerprint density at radius 3 is 1.75 bits per heavy atom. The number of Topliss-reactive ketones (excluding diaryl/α,β-unsaturated/α-hetero) is 1. The third-order valence-electron chi connectivity index (χ3n) is 5.90. The highest BCUT2D eigenvalue weighted by Crippen LogP contribution is 2.22. The minimum absolute atomic E-state index is 0.00292. The van der Waals surface area contributed by atoms with Gasteiger partial charge in [0.1, 0.15) is 11.8 Å².